The van der Waals surface area contributed by atoms with Crippen LogP contribution in [0.1, 0.15) is 47.2 Å². The highest BCUT2D eigenvalue weighted by atomic mass is 32.1. The van der Waals surface area contributed by atoms with Crippen LogP contribution in [0.25, 0.3) is 310 Å². The number of fused-ring (bicyclic) bond motifs is 34. The van der Waals surface area contributed by atoms with Crippen molar-refractivity contribution in [2.75, 3.05) is 0 Å². The van der Waals surface area contributed by atoms with Crippen LogP contribution in [0.3, 0.4) is 0 Å². The zero-order valence-electron chi connectivity index (χ0n) is 81.6. The third kappa shape index (κ3) is 11.5. The highest BCUT2D eigenvalue weighted by molar-refractivity contribution is 7.27. The topological polar surface area (TPSA) is 13.1 Å². The van der Waals surface area contributed by atoms with Crippen molar-refractivity contribution in [3.05, 3.63) is 492 Å². The number of hydrogen-bond acceptors (Lipinski definition) is 6. The van der Waals surface area contributed by atoms with Gasteiger partial charge in [0.2, 0.25) is 0 Å². The molecule has 0 spiro atoms. The summed E-state index contributed by atoms with van der Waals surface area (Å²) in [6.07, 6.45) is 1.89. The summed E-state index contributed by atoms with van der Waals surface area (Å²) >= 11 is 9.41. The Balaban J connectivity index is 0.0000000873. The first-order valence-corrected chi connectivity index (χ1v) is 55.8. The number of hydrogen-bond donors (Lipinski definition) is 0. The average Bonchev–Trinajstić information content (AvgIpc) is 1.51. The molecule has 1 nitrogen and oxygen atoms in total. The smallest absolute Gasteiger partial charge is 0.134 e. The highest BCUT2D eigenvalue weighted by Gasteiger charge is 2.48. The van der Waals surface area contributed by atoms with Gasteiger partial charge in [-0.1, -0.05) is 391 Å². The monoisotopic (exact) mass is 1990 g/mol. The summed E-state index contributed by atoms with van der Waals surface area (Å²) in [5.74, 6) is 0. The van der Waals surface area contributed by atoms with Gasteiger partial charge in [0.25, 0.3) is 0 Å². The molecule has 28 aromatic carbocycles. The molecular formula is C144H84OS5. The Labute approximate surface area is 880 Å². The van der Waals surface area contributed by atoms with Gasteiger partial charge in [-0.25, -0.2) is 0 Å². The van der Waals surface area contributed by atoms with Crippen LogP contribution in [0.15, 0.2) is 453 Å². The maximum atomic E-state index is 5.92. The SMILES string of the molecule is C=c1c2cc3sc4ccccc4c3c3cccc(c4cccc(-c5coc6ccccc56)c14)c23.C=c1c2cc3sc4ccccc4c3c3cccc(c4cccc(-c5csc6ccccc56)c14)c23.CC1(C)c2ccccc2-c2c1cc1c3cc4sc5ccccc5c4c4cccc(c5cccc2c51)c34.c1ccc(C2(c3ccccc3)c3ccccc3-c3c2cc2c4cc5sc6ccccc6c5c5cccc(c6cccc3c62)c45)cc1. The van der Waals surface area contributed by atoms with E-state index >= 15 is 0 Å². The van der Waals surface area contributed by atoms with Crippen molar-refractivity contribution < 1.29 is 4.42 Å². The fourth-order valence-electron chi connectivity index (χ4n) is 27.8. The van der Waals surface area contributed by atoms with Crippen molar-refractivity contribution in [1.82, 2.24) is 0 Å². The molecule has 0 bridgehead atoms. The van der Waals surface area contributed by atoms with Gasteiger partial charge in [0, 0.05) is 113 Å². The van der Waals surface area contributed by atoms with E-state index in [-0.39, 0.29) is 5.41 Å². The summed E-state index contributed by atoms with van der Waals surface area (Å²) in [7, 11) is 0. The van der Waals surface area contributed by atoms with E-state index in [0.29, 0.717) is 0 Å². The van der Waals surface area contributed by atoms with Gasteiger partial charge < -0.3 is 4.42 Å². The molecule has 0 atom stereocenters. The van der Waals surface area contributed by atoms with Crippen LogP contribution >= 0.6 is 56.7 Å². The lowest BCUT2D eigenvalue weighted by Crippen LogP contribution is -2.28. The molecule has 0 amide bonds. The molecule has 0 N–H and O–H groups in total. The molecule has 6 heteroatoms. The number of rotatable bonds is 4. The van der Waals surface area contributed by atoms with Crippen LogP contribution in [-0.4, -0.2) is 0 Å². The lowest BCUT2D eigenvalue weighted by atomic mass is 9.67. The molecule has 150 heavy (non-hydrogen) atoms. The van der Waals surface area contributed by atoms with E-state index in [2.05, 4.69) is 450 Å². The van der Waals surface area contributed by atoms with Crippen molar-refractivity contribution in [3.8, 4) is 44.5 Å². The van der Waals surface area contributed by atoms with Crippen LogP contribution in [0.2, 0.25) is 0 Å². The summed E-state index contributed by atoms with van der Waals surface area (Å²) in [5.41, 5.74) is 19.0. The Morgan fingerprint density at radius 3 is 0.927 bits per heavy atom. The van der Waals surface area contributed by atoms with Crippen molar-refractivity contribution in [2.45, 2.75) is 24.7 Å². The summed E-state index contributed by atoms with van der Waals surface area (Å²) < 4.78 is 18.0. The Hall–Kier alpha value is -17.3. The van der Waals surface area contributed by atoms with Gasteiger partial charge in [0.05, 0.1) is 11.7 Å². The molecule has 2 aliphatic carbocycles. The molecule has 696 valence electrons. The van der Waals surface area contributed by atoms with E-state index in [9.17, 15) is 0 Å². The van der Waals surface area contributed by atoms with E-state index in [1.54, 1.807) is 0 Å². The van der Waals surface area contributed by atoms with E-state index in [1.165, 1.54) is 314 Å². The lowest BCUT2D eigenvalue weighted by Gasteiger charge is -2.34. The van der Waals surface area contributed by atoms with Gasteiger partial charge in [-0.15, -0.1) is 56.7 Å². The summed E-state index contributed by atoms with van der Waals surface area (Å²) in [6.45, 7) is 14.1. The quantitative estimate of drug-likeness (QED) is 0.126. The second-order valence-electron chi connectivity index (χ2n) is 41.5. The molecule has 6 aromatic heterocycles. The first-order chi connectivity index (χ1) is 74.0. The number of benzene rings is 28. The molecule has 6 heterocycles. The highest BCUT2D eigenvalue weighted by Crippen LogP contribution is 2.63. The van der Waals surface area contributed by atoms with Gasteiger partial charge in [0.1, 0.15) is 5.58 Å². The third-order valence-corrected chi connectivity index (χ3v) is 39.4. The molecular weight excluding hydrogens is 1910 g/mol. The van der Waals surface area contributed by atoms with Crippen molar-refractivity contribution in [1.29, 1.82) is 0 Å². The van der Waals surface area contributed by atoms with Crippen molar-refractivity contribution in [3.63, 3.8) is 0 Å². The second-order valence-corrected chi connectivity index (χ2v) is 46.8. The first kappa shape index (κ1) is 84.9. The minimum Gasteiger partial charge on any atom is -0.464 e. The molecule has 0 fully saturated rings. The lowest BCUT2D eigenvalue weighted by molar-refractivity contribution is 0.617. The average molecular weight is 1990 g/mol. The minimum absolute atomic E-state index is 0.0234. The molecule has 0 unspecified atom stereocenters. The van der Waals surface area contributed by atoms with Crippen molar-refractivity contribution in [2.24, 2.45) is 0 Å². The zero-order chi connectivity index (χ0) is 98.5. The number of thiophene rings is 5. The van der Waals surface area contributed by atoms with Gasteiger partial charge in [-0.05, 0) is 306 Å². The van der Waals surface area contributed by atoms with E-state index < -0.39 is 5.41 Å². The minimum atomic E-state index is -0.438. The maximum absolute atomic E-state index is 5.92. The van der Waals surface area contributed by atoms with Crippen molar-refractivity contribution >= 4 is 322 Å². The number of furan rings is 1. The summed E-state index contributed by atoms with van der Waals surface area (Å²) in [4.78, 5) is 0. The third-order valence-electron chi connectivity index (χ3n) is 34.0. The molecule has 36 rings (SSSR count). The van der Waals surface area contributed by atoms with Gasteiger partial charge in [-0.2, -0.15) is 0 Å². The van der Waals surface area contributed by atoms with Crippen LogP contribution in [0.5, 0.6) is 0 Å². The Morgan fingerprint density at radius 2 is 0.480 bits per heavy atom. The molecule has 0 radical (unpaired) electrons. The predicted octanol–water partition coefficient (Wildman–Crippen LogP) is 41.5. The van der Waals surface area contributed by atoms with Crippen LogP contribution in [0, 0.1) is 0 Å². The normalized spacial score (nSPS) is 13.3. The van der Waals surface area contributed by atoms with E-state index in [4.69, 9.17) is 11.0 Å². The molecule has 2 aliphatic rings. The van der Waals surface area contributed by atoms with Gasteiger partial charge >= 0.3 is 0 Å². The van der Waals surface area contributed by atoms with Crippen LogP contribution in [0.4, 0.5) is 0 Å². The van der Waals surface area contributed by atoms with Gasteiger partial charge in [-0.3, -0.25) is 0 Å². The van der Waals surface area contributed by atoms with E-state index in [1.807, 2.05) is 75.1 Å². The Bertz CT molecular complexity index is 11700. The standard InChI is InChI=1S/C45H26S.C35H22S.C32H18OS.C32H18S2/c1-3-13-27(14-4-1)45(28-15-5-2-6-16-28)37-23-9-7-17-31(37)43-33-21-11-19-29-30-20-12-22-34-42(30)36(35(41(29)33)25-38(43)45)26-40-44(34)32-18-8-10-24-39(32)46-40;1-35(2)27-15-5-3-9-21(27)33-23-13-7-11-19-20-12-8-14-24-32(20)26(25(31(19)23)17-28(33)35)18-30-34(24)22-10-4-6-16-29(22)36-30;2*1-18-25-16-29-32(23-9-3-5-15-28(23)34-29)24-13-7-11-21(31(24)25)20-10-6-12-22(30(18)20)26-17-33-27-14-4-2-8-19(26)27/h1-26H;3-18H,1-2H3;2*2-17H,1H2. The second kappa shape index (κ2) is 31.6. The summed E-state index contributed by atoms with van der Waals surface area (Å²) in [6, 6.07) is 162. The molecule has 0 saturated carbocycles. The fourth-order valence-corrected chi connectivity index (χ4v) is 33.4. The predicted molar refractivity (Wildman–Crippen MR) is 657 cm³/mol. The number of para-hydroxylation sites is 1. The van der Waals surface area contributed by atoms with Crippen LogP contribution in [-0.2, 0) is 10.8 Å². The van der Waals surface area contributed by atoms with Gasteiger partial charge in [0.15, 0.2) is 0 Å². The van der Waals surface area contributed by atoms with Crippen LogP contribution < -0.4 is 10.4 Å². The zero-order valence-corrected chi connectivity index (χ0v) is 85.7. The fraction of sp³-hybridized carbons (Fsp3) is 0.0278. The largest absolute Gasteiger partial charge is 0.464 e. The molecule has 34 aromatic rings. The van der Waals surface area contributed by atoms with E-state index in [0.717, 1.165) is 27.0 Å². The maximum Gasteiger partial charge on any atom is 0.134 e. The Kier molecular flexibility index (Phi) is 17.9. The summed E-state index contributed by atoms with van der Waals surface area (Å²) in [5, 5.41) is 55.2. The Morgan fingerprint density at radius 1 is 0.187 bits per heavy atom. The molecule has 0 saturated heterocycles. The first-order valence-electron chi connectivity index (χ1n) is 51.7. The molecule has 0 aliphatic heterocycles.